The molecular weight excluding hydrogens is 214 g/mol. The average molecular weight is 239 g/mol. The number of likely N-dealkylation sites (N-methyl/N-ethyl adjacent to an activating group) is 1. The van der Waals surface area contributed by atoms with E-state index in [2.05, 4.69) is 31.0 Å². The van der Waals surface area contributed by atoms with Gasteiger partial charge in [-0.3, -0.25) is 15.0 Å². The Hall–Kier alpha value is -0.610. The summed E-state index contributed by atoms with van der Waals surface area (Å²) in [6.45, 7) is 10.1. The first-order chi connectivity index (χ1) is 8.13. The van der Waals surface area contributed by atoms with Crippen molar-refractivity contribution in [2.45, 2.75) is 45.8 Å². The highest BCUT2D eigenvalue weighted by Gasteiger charge is 2.33. The van der Waals surface area contributed by atoms with Crippen LogP contribution in [0.3, 0.4) is 0 Å². The van der Waals surface area contributed by atoms with Gasteiger partial charge in [0, 0.05) is 19.1 Å². The van der Waals surface area contributed by atoms with Crippen molar-refractivity contribution in [3.63, 3.8) is 0 Å². The van der Waals surface area contributed by atoms with Gasteiger partial charge in [-0.25, -0.2) is 0 Å². The first kappa shape index (κ1) is 12.8. The lowest BCUT2D eigenvalue weighted by Crippen LogP contribution is -2.45. The van der Waals surface area contributed by atoms with Gasteiger partial charge in [0.2, 0.25) is 5.91 Å². The molecule has 1 atom stereocenters. The zero-order valence-electron chi connectivity index (χ0n) is 11.3. The van der Waals surface area contributed by atoms with Crippen molar-refractivity contribution < 1.29 is 4.79 Å². The molecule has 1 saturated heterocycles. The first-order valence-electron chi connectivity index (χ1n) is 6.90. The monoisotopic (exact) mass is 239 g/mol. The van der Waals surface area contributed by atoms with Gasteiger partial charge in [0.15, 0.2) is 0 Å². The summed E-state index contributed by atoms with van der Waals surface area (Å²) in [6, 6.07) is 0.795. The Morgan fingerprint density at radius 3 is 2.71 bits per heavy atom. The molecule has 4 heteroatoms. The molecule has 98 valence electrons. The van der Waals surface area contributed by atoms with Gasteiger partial charge in [-0.1, -0.05) is 20.8 Å². The zero-order valence-corrected chi connectivity index (χ0v) is 11.3. The smallest absolute Gasteiger partial charge is 0.237 e. The van der Waals surface area contributed by atoms with E-state index in [1.807, 2.05) is 4.90 Å². The van der Waals surface area contributed by atoms with E-state index in [0.717, 1.165) is 25.7 Å². The number of nitrogens with zero attached hydrogens (tertiary/aromatic N) is 2. The molecule has 1 N–H and O–H groups in total. The van der Waals surface area contributed by atoms with E-state index in [1.54, 1.807) is 0 Å². The molecular formula is C13H25N3O. The van der Waals surface area contributed by atoms with Crippen molar-refractivity contribution in [3.8, 4) is 0 Å². The van der Waals surface area contributed by atoms with Crippen LogP contribution in [0.1, 0.15) is 33.6 Å². The molecule has 1 unspecified atom stereocenters. The SMILES string of the molecule is CCN(CCN1C(=O)CNC1C(C)C)C1CC1. The Bertz CT molecular complexity index is 276. The normalized spacial score (nSPS) is 25.4. The van der Waals surface area contributed by atoms with Gasteiger partial charge in [0.25, 0.3) is 0 Å². The number of carbonyl (C=O) groups excluding carboxylic acids is 1. The van der Waals surface area contributed by atoms with Gasteiger partial charge < -0.3 is 4.90 Å². The summed E-state index contributed by atoms with van der Waals surface area (Å²) in [7, 11) is 0. The van der Waals surface area contributed by atoms with Gasteiger partial charge in [-0.2, -0.15) is 0 Å². The number of rotatable bonds is 6. The molecule has 2 aliphatic rings. The fourth-order valence-corrected chi connectivity index (χ4v) is 2.69. The Kier molecular flexibility index (Phi) is 4.05. The quantitative estimate of drug-likeness (QED) is 0.747. The van der Waals surface area contributed by atoms with Crippen molar-refractivity contribution in [2.75, 3.05) is 26.2 Å². The molecule has 1 heterocycles. The maximum Gasteiger partial charge on any atom is 0.237 e. The predicted molar refractivity (Wildman–Crippen MR) is 68.6 cm³/mol. The van der Waals surface area contributed by atoms with Crippen LogP contribution in [0.15, 0.2) is 0 Å². The minimum absolute atomic E-state index is 0.236. The van der Waals surface area contributed by atoms with Crippen LogP contribution in [0.4, 0.5) is 0 Å². The Labute approximate surface area is 104 Å². The highest BCUT2D eigenvalue weighted by molar-refractivity contribution is 5.80. The van der Waals surface area contributed by atoms with Crippen LogP contribution in [0.25, 0.3) is 0 Å². The topological polar surface area (TPSA) is 35.6 Å². The molecule has 1 saturated carbocycles. The second-order valence-electron chi connectivity index (χ2n) is 5.52. The van der Waals surface area contributed by atoms with Crippen LogP contribution in [-0.2, 0) is 4.79 Å². The van der Waals surface area contributed by atoms with Crippen LogP contribution < -0.4 is 5.32 Å². The summed E-state index contributed by atoms with van der Waals surface area (Å²) in [5.41, 5.74) is 0. The molecule has 0 aromatic carbocycles. The molecule has 2 fully saturated rings. The van der Waals surface area contributed by atoms with Crippen molar-refractivity contribution in [2.24, 2.45) is 5.92 Å². The second-order valence-corrected chi connectivity index (χ2v) is 5.52. The highest BCUT2D eigenvalue weighted by Crippen LogP contribution is 2.26. The van der Waals surface area contributed by atoms with Gasteiger partial charge in [0.1, 0.15) is 0 Å². The third-order valence-corrected chi connectivity index (χ3v) is 3.85. The van der Waals surface area contributed by atoms with E-state index in [-0.39, 0.29) is 12.1 Å². The van der Waals surface area contributed by atoms with Crippen molar-refractivity contribution in [1.82, 2.24) is 15.1 Å². The summed E-state index contributed by atoms with van der Waals surface area (Å²) in [6.07, 6.45) is 2.92. The van der Waals surface area contributed by atoms with Crippen molar-refractivity contribution in [1.29, 1.82) is 0 Å². The van der Waals surface area contributed by atoms with Crippen molar-refractivity contribution >= 4 is 5.91 Å². The summed E-state index contributed by atoms with van der Waals surface area (Å²) >= 11 is 0. The fraction of sp³-hybridized carbons (Fsp3) is 0.923. The summed E-state index contributed by atoms with van der Waals surface area (Å²) in [5.74, 6) is 0.744. The van der Waals surface area contributed by atoms with Gasteiger partial charge in [-0.15, -0.1) is 0 Å². The molecule has 4 nitrogen and oxygen atoms in total. The van der Waals surface area contributed by atoms with Crippen LogP contribution in [0.5, 0.6) is 0 Å². The number of amides is 1. The standard InChI is InChI=1S/C13H25N3O/c1-4-15(11-5-6-11)7-8-16-12(17)9-14-13(16)10(2)3/h10-11,13-14H,4-9H2,1-3H3. The lowest BCUT2D eigenvalue weighted by molar-refractivity contribution is -0.128. The average Bonchev–Trinajstić information content (AvgIpc) is 3.05. The minimum atomic E-state index is 0.236. The Morgan fingerprint density at radius 1 is 1.47 bits per heavy atom. The predicted octanol–water partition coefficient (Wildman–Crippen LogP) is 0.885. The van der Waals surface area contributed by atoms with Crippen LogP contribution >= 0.6 is 0 Å². The molecule has 1 amide bonds. The third-order valence-electron chi connectivity index (χ3n) is 3.85. The second kappa shape index (κ2) is 5.36. The highest BCUT2D eigenvalue weighted by atomic mass is 16.2. The third kappa shape index (κ3) is 2.99. The Balaban J connectivity index is 1.85. The number of hydrogen-bond donors (Lipinski definition) is 1. The van der Waals surface area contributed by atoms with Crippen molar-refractivity contribution in [3.05, 3.63) is 0 Å². The molecule has 2 rings (SSSR count). The summed E-state index contributed by atoms with van der Waals surface area (Å²) in [4.78, 5) is 16.3. The molecule has 0 spiro atoms. The number of nitrogens with one attached hydrogen (secondary N) is 1. The molecule has 0 bridgehead atoms. The summed E-state index contributed by atoms with van der Waals surface area (Å²) < 4.78 is 0. The number of hydrogen-bond acceptors (Lipinski definition) is 3. The van der Waals surface area contributed by atoms with Crippen LogP contribution in [0.2, 0.25) is 0 Å². The maximum atomic E-state index is 11.8. The maximum absolute atomic E-state index is 11.8. The van der Waals surface area contributed by atoms with E-state index in [4.69, 9.17) is 0 Å². The van der Waals surface area contributed by atoms with E-state index >= 15 is 0 Å². The van der Waals surface area contributed by atoms with Crippen LogP contribution in [0, 0.1) is 5.92 Å². The minimum Gasteiger partial charge on any atom is -0.325 e. The molecule has 0 radical (unpaired) electrons. The van der Waals surface area contributed by atoms with Gasteiger partial charge in [0.05, 0.1) is 12.7 Å². The first-order valence-corrected chi connectivity index (χ1v) is 6.90. The number of carbonyl (C=O) groups is 1. The van der Waals surface area contributed by atoms with Crippen LogP contribution in [-0.4, -0.2) is 54.1 Å². The van der Waals surface area contributed by atoms with Gasteiger partial charge in [-0.05, 0) is 25.3 Å². The molecule has 1 aliphatic heterocycles. The van der Waals surface area contributed by atoms with E-state index in [0.29, 0.717) is 12.5 Å². The lowest BCUT2D eigenvalue weighted by Gasteiger charge is -2.30. The fourth-order valence-electron chi connectivity index (χ4n) is 2.69. The lowest BCUT2D eigenvalue weighted by atomic mass is 10.1. The Morgan fingerprint density at radius 2 is 2.18 bits per heavy atom. The molecule has 1 aliphatic carbocycles. The zero-order chi connectivity index (χ0) is 12.4. The molecule has 0 aromatic rings. The largest absolute Gasteiger partial charge is 0.325 e. The van der Waals surface area contributed by atoms with Gasteiger partial charge >= 0.3 is 0 Å². The van der Waals surface area contributed by atoms with E-state index in [1.165, 1.54) is 12.8 Å². The molecule has 0 aromatic heterocycles. The van der Waals surface area contributed by atoms with E-state index < -0.39 is 0 Å². The summed E-state index contributed by atoms with van der Waals surface area (Å²) in [5, 5.41) is 3.30. The van der Waals surface area contributed by atoms with E-state index in [9.17, 15) is 4.79 Å². The molecule has 17 heavy (non-hydrogen) atoms.